The quantitative estimate of drug-likeness (QED) is 0.882. The number of para-hydroxylation sites is 1. The predicted octanol–water partition coefficient (Wildman–Crippen LogP) is 2.42. The summed E-state index contributed by atoms with van der Waals surface area (Å²) >= 11 is 0. The topological polar surface area (TPSA) is 66.4 Å². The molecule has 0 aliphatic heterocycles. The number of anilines is 1. The molecule has 18 heavy (non-hydrogen) atoms. The maximum atomic E-state index is 12.2. The van der Waals surface area contributed by atoms with E-state index >= 15 is 0 Å². The van der Waals surface area contributed by atoms with Gasteiger partial charge in [-0.15, -0.1) is 0 Å². The van der Waals surface area contributed by atoms with Crippen LogP contribution in [0.4, 0.5) is 5.69 Å². The molecular weight excluding hydrogens is 250 g/mol. The molecule has 1 saturated carbocycles. The van der Waals surface area contributed by atoms with Crippen LogP contribution in [0, 0.1) is 0 Å². The summed E-state index contributed by atoms with van der Waals surface area (Å²) < 4.78 is 27.0. The lowest BCUT2D eigenvalue weighted by molar-refractivity contribution is 0.200. The van der Waals surface area contributed by atoms with Gasteiger partial charge in [0.05, 0.1) is 17.0 Å². The summed E-state index contributed by atoms with van der Waals surface area (Å²) in [4.78, 5) is 0. The van der Waals surface area contributed by atoms with Gasteiger partial charge in [0.2, 0.25) is 10.0 Å². The third-order valence-electron chi connectivity index (χ3n) is 3.40. The van der Waals surface area contributed by atoms with Gasteiger partial charge in [0.1, 0.15) is 0 Å². The molecule has 1 fully saturated rings. The first kappa shape index (κ1) is 13.4. The second-order valence-corrected chi connectivity index (χ2v) is 6.78. The zero-order chi connectivity index (χ0) is 13.2. The van der Waals surface area contributed by atoms with Crippen molar-refractivity contribution in [2.75, 3.05) is 4.72 Å². The fourth-order valence-electron chi connectivity index (χ4n) is 2.39. The molecule has 5 heteroatoms. The van der Waals surface area contributed by atoms with Gasteiger partial charge in [0, 0.05) is 5.56 Å². The van der Waals surface area contributed by atoms with E-state index in [0.29, 0.717) is 11.3 Å². The molecule has 1 unspecified atom stereocenters. The van der Waals surface area contributed by atoms with Crippen molar-refractivity contribution in [1.82, 2.24) is 0 Å². The Bertz CT molecular complexity index is 505. The standard InChI is InChI=1S/C13H19NO3S/c1-10(15)12-8-4-5-9-13(12)14-18(16,17)11-6-2-3-7-11/h4-5,8-11,14-15H,2-3,6-7H2,1H3. The van der Waals surface area contributed by atoms with Crippen LogP contribution in [0.1, 0.15) is 44.3 Å². The molecule has 1 aromatic rings. The SMILES string of the molecule is CC(O)c1ccccc1NS(=O)(=O)C1CCCC1. The van der Waals surface area contributed by atoms with Gasteiger partial charge in [-0.25, -0.2) is 8.42 Å². The summed E-state index contributed by atoms with van der Waals surface area (Å²) in [6.45, 7) is 1.63. The fraction of sp³-hybridized carbons (Fsp3) is 0.538. The molecule has 1 aliphatic rings. The van der Waals surface area contributed by atoms with Gasteiger partial charge >= 0.3 is 0 Å². The fourth-order valence-corrected chi connectivity index (χ4v) is 4.00. The number of aliphatic hydroxyl groups excluding tert-OH is 1. The highest BCUT2D eigenvalue weighted by Gasteiger charge is 2.29. The van der Waals surface area contributed by atoms with E-state index < -0.39 is 16.1 Å². The van der Waals surface area contributed by atoms with Gasteiger partial charge in [-0.2, -0.15) is 0 Å². The van der Waals surface area contributed by atoms with Crippen molar-refractivity contribution in [2.24, 2.45) is 0 Å². The van der Waals surface area contributed by atoms with Gasteiger partial charge in [-0.3, -0.25) is 4.72 Å². The van der Waals surface area contributed by atoms with E-state index in [9.17, 15) is 13.5 Å². The van der Waals surface area contributed by atoms with Crippen LogP contribution in [0.15, 0.2) is 24.3 Å². The van der Waals surface area contributed by atoms with Gasteiger partial charge in [0.25, 0.3) is 0 Å². The molecule has 4 nitrogen and oxygen atoms in total. The molecule has 0 bridgehead atoms. The van der Waals surface area contributed by atoms with Crippen LogP contribution in [-0.4, -0.2) is 18.8 Å². The zero-order valence-corrected chi connectivity index (χ0v) is 11.3. The molecule has 2 rings (SSSR count). The molecule has 1 aliphatic carbocycles. The predicted molar refractivity (Wildman–Crippen MR) is 71.9 cm³/mol. The van der Waals surface area contributed by atoms with E-state index in [-0.39, 0.29) is 5.25 Å². The van der Waals surface area contributed by atoms with E-state index in [0.717, 1.165) is 25.7 Å². The molecule has 0 aromatic heterocycles. The summed E-state index contributed by atoms with van der Waals surface area (Å²) in [7, 11) is -3.33. The number of hydrogen-bond acceptors (Lipinski definition) is 3. The number of benzene rings is 1. The highest BCUT2D eigenvalue weighted by Crippen LogP contribution is 2.28. The largest absolute Gasteiger partial charge is 0.389 e. The molecule has 1 aromatic carbocycles. The summed E-state index contributed by atoms with van der Waals surface area (Å²) in [5.74, 6) is 0. The maximum Gasteiger partial charge on any atom is 0.235 e. The molecular formula is C13H19NO3S. The second-order valence-electron chi connectivity index (χ2n) is 4.82. The number of nitrogens with one attached hydrogen (secondary N) is 1. The van der Waals surface area contributed by atoms with Crippen molar-refractivity contribution in [3.8, 4) is 0 Å². The Balaban J connectivity index is 2.23. The van der Waals surface area contributed by atoms with Crippen LogP contribution in [0.25, 0.3) is 0 Å². The van der Waals surface area contributed by atoms with Gasteiger partial charge in [0.15, 0.2) is 0 Å². The minimum absolute atomic E-state index is 0.292. The first-order chi connectivity index (χ1) is 8.50. The van der Waals surface area contributed by atoms with Crippen molar-refractivity contribution < 1.29 is 13.5 Å². The number of aliphatic hydroxyl groups is 1. The third-order valence-corrected chi connectivity index (χ3v) is 5.26. The average molecular weight is 269 g/mol. The van der Waals surface area contributed by atoms with Crippen LogP contribution in [0.5, 0.6) is 0 Å². The average Bonchev–Trinajstić information content (AvgIpc) is 2.83. The van der Waals surface area contributed by atoms with Crippen LogP contribution < -0.4 is 4.72 Å². The molecule has 100 valence electrons. The van der Waals surface area contributed by atoms with E-state index in [1.807, 2.05) is 0 Å². The summed E-state index contributed by atoms with van der Waals surface area (Å²) in [5.41, 5.74) is 1.10. The van der Waals surface area contributed by atoms with Crippen LogP contribution in [0.3, 0.4) is 0 Å². The Labute approximate surface area is 108 Å². The van der Waals surface area contributed by atoms with Gasteiger partial charge in [-0.1, -0.05) is 31.0 Å². The maximum absolute atomic E-state index is 12.2. The Morgan fingerprint density at radius 1 is 1.28 bits per heavy atom. The molecule has 1 atom stereocenters. The van der Waals surface area contributed by atoms with E-state index in [4.69, 9.17) is 0 Å². The smallest absolute Gasteiger partial charge is 0.235 e. The first-order valence-corrected chi connectivity index (χ1v) is 7.84. The summed E-state index contributed by atoms with van der Waals surface area (Å²) in [6.07, 6.45) is 2.72. The van der Waals surface area contributed by atoms with Crippen molar-refractivity contribution >= 4 is 15.7 Å². The number of hydrogen-bond donors (Lipinski definition) is 2. The van der Waals surface area contributed by atoms with E-state index in [1.165, 1.54) is 0 Å². The molecule has 2 N–H and O–H groups in total. The normalized spacial score (nSPS) is 18.8. The molecule has 0 saturated heterocycles. The number of rotatable bonds is 4. The van der Waals surface area contributed by atoms with Crippen LogP contribution >= 0.6 is 0 Å². The Kier molecular flexibility index (Phi) is 3.92. The minimum atomic E-state index is -3.33. The summed E-state index contributed by atoms with van der Waals surface area (Å²) in [5, 5.41) is 9.34. The molecule has 0 spiro atoms. The Morgan fingerprint density at radius 3 is 2.50 bits per heavy atom. The van der Waals surface area contributed by atoms with Crippen LogP contribution in [0.2, 0.25) is 0 Å². The third kappa shape index (κ3) is 2.84. The Hall–Kier alpha value is -1.07. The lowest BCUT2D eigenvalue weighted by Gasteiger charge is -2.17. The van der Waals surface area contributed by atoms with Crippen molar-refractivity contribution in [3.05, 3.63) is 29.8 Å². The van der Waals surface area contributed by atoms with Gasteiger partial charge < -0.3 is 5.11 Å². The van der Waals surface area contributed by atoms with Crippen LogP contribution in [-0.2, 0) is 10.0 Å². The van der Waals surface area contributed by atoms with E-state index in [1.54, 1.807) is 31.2 Å². The van der Waals surface area contributed by atoms with Crippen molar-refractivity contribution in [1.29, 1.82) is 0 Å². The lowest BCUT2D eigenvalue weighted by atomic mass is 10.1. The minimum Gasteiger partial charge on any atom is -0.389 e. The molecule has 0 radical (unpaired) electrons. The zero-order valence-electron chi connectivity index (χ0n) is 10.5. The van der Waals surface area contributed by atoms with Crippen molar-refractivity contribution in [2.45, 2.75) is 44.0 Å². The first-order valence-electron chi connectivity index (χ1n) is 6.29. The molecule has 0 amide bonds. The summed E-state index contributed by atoms with van der Waals surface area (Å²) in [6, 6.07) is 6.97. The number of sulfonamides is 1. The Morgan fingerprint density at radius 2 is 1.89 bits per heavy atom. The van der Waals surface area contributed by atoms with E-state index in [2.05, 4.69) is 4.72 Å². The highest BCUT2D eigenvalue weighted by atomic mass is 32.2. The molecule has 0 heterocycles. The van der Waals surface area contributed by atoms with Crippen molar-refractivity contribution in [3.63, 3.8) is 0 Å². The monoisotopic (exact) mass is 269 g/mol. The second kappa shape index (κ2) is 5.28. The lowest BCUT2D eigenvalue weighted by Crippen LogP contribution is -2.25. The highest BCUT2D eigenvalue weighted by molar-refractivity contribution is 7.93. The van der Waals surface area contributed by atoms with Gasteiger partial charge in [-0.05, 0) is 25.8 Å².